The number of halogens is 1. The molecule has 0 aliphatic heterocycles. The van der Waals surface area contributed by atoms with Crippen molar-refractivity contribution in [1.82, 2.24) is 20.2 Å². The Kier molecular flexibility index (Phi) is 3.47. The Morgan fingerprint density at radius 3 is 2.71 bits per heavy atom. The summed E-state index contributed by atoms with van der Waals surface area (Å²) in [5, 5.41) is 12.1. The topological polar surface area (TPSA) is 69.6 Å². The molecule has 3 rings (SSSR count). The Labute approximate surface area is 130 Å². The molecule has 0 amide bonds. The molecule has 0 atom stereocenters. The van der Waals surface area contributed by atoms with Crippen molar-refractivity contribution in [2.75, 3.05) is 5.73 Å². The highest BCUT2D eigenvalue weighted by Gasteiger charge is 2.15. The quantitative estimate of drug-likeness (QED) is 0.725. The molecule has 0 bridgehead atoms. The van der Waals surface area contributed by atoms with Crippen LogP contribution in [-0.4, -0.2) is 20.2 Å². The van der Waals surface area contributed by atoms with Crippen LogP contribution in [0.15, 0.2) is 40.9 Å². The monoisotopic (exact) mass is 343 g/mol. The Balaban J connectivity index is 2.22. The Bertz CT molecular complexity index is 744. The van der Waals surface area contributed by atoms with Gasteiger partial charge in [0.2, 0.25) is 0 Å². The standard InChI is InChI=1S/C15H14BrN5/c1-9-3-4-10(2)14(7-9)21-15(18-19-20-21)12-8-11(17)5-6-13(12)16/h3-8H,17H2,1-2H3. The first kappa shape index (κ1) is 13.8. The maximum absolute atomic E-state index is 5.88. The lowest BCUT2D eigenvalue weighted by atomic mass is 10.1. The zero-order chi connectivity index (χ0) is 15.0. The number of tetrazole rings is 1. The highest BCUT2D eigenvalue weighted by atomic mass is 79.9. The van der Waals surface area contributed by atoms with Gasteiger partial charge in [-0.15, -0.1) is 5.10 Å². The molecule has 2 aromatic carbocycles. The van der Waals surface area contributed by atoms with Crippen molar-refractivity contribution in [2.24, 2.45) is 0 Å². The van der Waals surface area contributed by atoms with Crippen molar-refractivity contribution in [3.8, 4) is 17.1 Å². The number of benzene rings is 2. The molecule has 5 nitrogen and oxygen atoms in total. The van der Waals surface area contributed by atoms with Gasteiger partial charge in [0.05, 0.1) is 5.69 Å². The van der Waals surface area contributed by atoms with Crippen LogP contribution >= 0.6 is 15.9 Å². The van der Waals surface area contributed by atoms with Crippen molar-refractivity contribution >= 4 is 21.6 Å². The summed E-state index contributed by atoms with van der Waals surface area (Å²) in [5.41, 5.74) is 10.6. The van der Waals surface area contributed by atoms with Crippen molar-refractivity contribution in [3.05, 3.63) is 52.0 Å². The van der Waals surface area contributed by atoms with E-state index in [4.69, 9.17) is 5.73 Å². The molecule has 0 aliphatic carbocycles. The van der Waals surface area contributed by atoms with E-state index in [-0.39, 0.29) is 0 Å². The lowest BCUT2D eigenvalue weighted by Crippen LogP contribution is -2.03. The van der Waals surface area contributed by atoms with Gasteiger partial charge >= 0.3 is 0 Å². The van der Waals surface area contributed by atoms with Crippen molar-refractivity contribution < 1.29 is 0 Å². The van der Waals surface area contributed by atoms with E-state index in [1.54, 1.807) is 4.68 Å². The van der Waals surface area contributed by atoms with E-state index in [0.717, 1.165) is 26.9 Å². The molecule has 1 aromatic heterocycles. The lowest BCUT2D eigenvalue weighted by Gasteiger charge is -2.10. The summed E-state index contributed by atoms with van der Waals surface area (Å²) < 4.78 is 2.64. The average Bonchev–Trinajstić information content (AvgIpc) is 2.93. The first-order valence-electron chi connectivity index (χ1n) is 6.47. The van der Waals surface area contributed by atoms with Gasteiger partial charge in [-0.25, -0.2) is 0 Å². The van der Waals surface area contributed by atoms with Crippen LogP contribution in [0.3, 0.4) is 0 Å². The predicted molar refractivity (Wildman–Crippen MR) is 86.2 cm³/mol. The van der Waals surface area contributed by atoms with Crippen molar-refractivity contribution in [2.45, 2.75) is 13.8 Å². The second-order valence-electron chi connectivity index (χ2n) is 4.94. The van der Waals surface area contributed by atoms with Crippen LogP contribution in [0.2, 0.25) is 0 Å². The van der Waals surface area contributed by atoms with Gasteiger partial charge in [-0.1, -0.05) is 28.1 Å². The van der Waals surface area contributed by atoms with Crippen LogP contribution in [0.4, 0.5) is 5.69 Å². The summed E-state index contributed by atoms with van der Waals surface area (Å²) in [6.45, 7) is 4.08. The Morgan fingerprint density at radius 2 is 1.90 bits per heavy atom. The zero-order valence-corrected chi connectivity index (χ0v) is 13.3. The first-order chi connectivity index (χ1) is 10.1. The summed E-state index contributed by atoms with van der Waals surface area (Å²) in [4.78, 5) is 0. The van der Waals surface area contributed by atoms with Gasteiger partial charge in [0, 0.05) is 15.7 Å². The van der Waals surface area contributed by atoms with Crippen LogP contribution in [0.25, 0.3) is 17.1 Å². The number of hydrogen-bond acceptors (Lipinski definition) is 4. The van der Waals surface area contributed by atoms with E-state index in [2.05, 4.69) is 49.7 Å². The van der Waals surface area contributed by atoms with Crippen LogP contribution < -0.4 is 5.73 Å². The third kappa shape index (κ3) is 2.54. The molecule has 106 valence electrons. The first-order valence-corrected chi connectivity index (χ1v) is 7.27. The van der Waals surface area contributed by atoms with Gasteiger partial charge in [-0.2, -0.15) is 4.68 Å². The number of nitrogen functional groups attached to an aromatic ring is 1. The highest BCUT2D eigenvalue weighted by Crippen LogP contribution is 2.30. The van der Waals surface area contributed by atoms with E-state index in [1.165, 1.54) is 0 Å². The summed E-state index contributed by atoms with van der Waals surface area (Å²) in [7, 11) is 0. The summed E-state index contributed by atoms with van der Waals surface area (Å²) in [6, 6.07) is 11.8. The van der Waals surface area contributed by atoms with Gasteiger partial charge in [0.15, 0.2) is 5.82 Å². The average molecular weight is 344 g/mol. The molecule has 0 spiro atoms. The molecule has 0 saturated carbocycles. The number of aromatic nitrogens is 4. The Hall–Kier alpha value is -2.21. The van der Waals surface area contributed by atoms with Crippen molar-refractivity contribution in [3.63, 3.8) is 0 Å². The third-order valence-corrected chi connectivity index (χ3v) is 3.99. The fraction of sp³-hybridized carbons (Fsp3) is 0.133. The molecule has 0 fully saturated rings. The number of rotatable bonds is 2. The fourth-order valence-electron chi connectivity index (χ4n) is 2.18. The molecular weight excluding hydrogens is 330 g/mol. The summed E-state index contributed by atoms with van der Waals surface area (Å²) in [6.07, 6.45) is 0. The zero-order valence-electron chi connectivity index (χ0n) is 11.7. The minimum atomic E-state index is 0.655. The van der Waals surface area contributed by atoms with E-state index < -0.39 is 0 Å². The summed E-state index contributed by atoms with van der Waals surface area (Å²) in [5.74, 6) is 0.655. The largest absolute Gasteiger partial charge is 0.399 e. The molecule has 21 heavy (non-hydrogen) atoms. The second kappa shape index (κ2) is 5.29. The second-order valence-corrected chi connectivity index (χ2v) is 5.80. The molecule has 0 unspecified atom stereocenters. The molecule has 6 heteroatoms. The number of nitrogens with zero attached hydrogens (tertiary/aromatic N) is 4. The normalized spacial score (nSPS) is 10.8. The third-order valence-electron chi connectivity index (χ3n) is 3.29. The van der Waals surface area contributed by atoms with E-state index in [1.807, 2.05) is 32.0 Å². The SMILES string of the molecule is Cc1ccc(C)c(-n2nnnc2-c2cc(N)ccc2Br)c1. The minimum Gasteiger partial charge on any atom is -0.399 e. The van der Waals surface area contributed by atoms with E-state index >= 15 is 0 Å². The maximum Gasteiger partial charge on any atom is 0.188 e. The minimum absolute atomic E-state index is 0.655. The van der Waals surface area contributed by atoms with Crippen LogP contribution in [-0.2, 0) is 0 Å². The van der Waals surface area contributed by atoms with Crippen LogP contribution in [0.5, 0.6) is 0 Å². The lowest BCUT2D eigenvalue weighted by molar-refractivity contribution is 0.787. The van der Waals surface area contributed by atoms with Gasteiger partial charge in [0.25, 0.3) is 0 Å². The van der Waals surface area contributed by atoms with Gasteiger partial charge in [-0.05, 0) is 59.7 Å². The van der Waals surface area contributed by atoms with Crippen LogP contribution in [0, 0.1) is 13.8 Å². The number of anilines is 1. The number of hydrogen-bond donors (Lipinski definition) is 1. The fourth-order valence-corrected chi connectivity index (χ4v) is 2.60. The number of aryl methyl sites for hydroxylation is 2. The van der Waals surface area contributed by atoms with Gasteiger partial charge in [-0.3, -0.25) is 0 Å². The predicted octanol–water partition coefficient (Wildman–Crippen LogP) is 3.29. The maximum atomic E-state index is 5.88. The van der Waals surface area contributed by atoms with Crippen LogP contribution in [0.1, 0.15) is 11.1 Å². The van der Waals surface area contributed by atoms with E-state index in [9.17, 15) is 0 Å². The van der Waals surface area contributed by atoms with Gasteiger partial charge in [0.1, 0.15) is 0 Å². The molecule has 0 radical (unpaired) electrons. The van der Waals surface area contributed by atoms with Crippen molar-refractivity contribution in [1.29, 1.82) is 0 Å². The Morgan fingerprint density at radius 1 is 1.10 bits per heavy atom. The molecule has 3 aromatic rings. The van der Waals surface area contributed by atoms with E-state index in [0.29, 0.717) is 11.5 Å². The van der Waals surface area contributed by atoms with Gasteiger partial charge < -0.3 is 5.73 Å². The highest BCUT2D eigenvalue weighted by molar-refractivity contribution is 9.10. The molecular formula is C15H14BrN5. The molecule has 0 aliphatic rings. The smallest absolute Gasteiger partial charge is 0.188 e. The molecule has 0 saturated heterocycles. The summed E-state index contributed by atoms with van der Waals surface area (Å²) >= 11 is 3.53. The number of nitrogens with two attached hydrogens (primary N) is 1. The molecule has 1 heterocycles. The molecule has 2 N–H and O–H groups in total.